The fourth-order valence-electron chi connectivity index (χ4n) is 2.19. The van der Waals surface area contributed by atoms with Crippen molar-refractivity contribution in [2.24, 2.45) is 5.73 Å². The van der Waals surface area contributed by atoms with Crippen LogP contribution in [0, 0.1) is 0 Å². The Labute approximate surface area is 132 Å². The van der Waals surface area contributed by atoms with Gasteiger partial charge in [-0.15, -0.1) is 11.3 Å². The second-order valence-corrected chi connectivity index (χ2v) is 6.67. The molecule has 2 unspecified atom stereocenters. The molecular formula is C15H16ClNO3S. The molecule has 0 spiro atoms. The van der Waals surface area contributed by atoms with Crippen molar-refractivity contribution in [1.29, 1.82) is 0 Å². The summed E-state index contributed by atoms with van der Waals surface area (Å²) in [6.45, 7) is 2.66. The molecule has 3 rings (SSSR count). The Hall–Kier alpha value is -1.27. The van der Waals surface area contributed by atoms with Crippen molar-refractivity contribution in [3.05, 3.63) is 45.1 Å². The van der Waals surface area contributed by atoms with Gasteiger partial charge in [-0.1, -0.05) is 17.7 Å². The van der Waals surface area contributed by atoms with Gasteiger partial charge in [-0.3, -0.25) is 0 Å². The average molecular weight is 326 g/mol. The smallest absolute Gasteiger partial charge is 0.231 e. The maximum absolute atomic E-state index is 6.03. The predicted octanol–water partition coefficient (Wildman–Crippen LogP) is 3.74. The summed E-state index contributed by atoms with van der Waals surface area (Å²) >= 11 is 7.48. The molecule has 1 aromatic carbocycles. The molecule has 0 saturated heterocycles. The highest BCUT2D eigenvalue weighted by molar-refractivity contribution is 7.16. The minimum Gasteiger partial charge on any atom is -0.454 e. The Bertz CT molecular complexity index is 629. The van der Waals surface area contributed by atoms with Gasteiger partial charge in [-0.05, 0) is 36.8 Å². The highest BCUT2D eigenvalue weighted by atomic mass is 35.5. The molecule has 1 aromatic heterocycles. The number of hydrogen-bond acceptors (Lipinski definition) is 5. The topological polar surface area (TPSA) is 53.7 Å². The van der Waals surface area contributed by atoms with E-state index in [4.69, 9.17) is 31.5 Å². The quantitative estimate of drug-likeness (QED) is 0.910. The van der Waals surface area contributed by atoms with Crippen LogP contribution in [0.3, 0.4) is 0 Å². The normalized spacial score (nSPS) is 16.0. The molecule has 0 fully saturated rings. The number of thiophene rings is 1. The van der Waals surface area contributed by atoms with Crippen molar-refractivity contribution in [2.45, 2.75) is 25.7 Å². The van der Waals surface area contributed by atoms with E-state index in [1.54, 1.807) is 0 Å². The lowest BCUT2D eigenvalue weighted by Gasteiger charge is -2.20. The van der Waals surface area contributed by atoms with Crippen molar-refractivity contribution in [2.75, 3.05) is 6.79 Å². The lowest BCUT2D eigenvalue weighted by Crippen LogP contribution is -2.26. The van der Waals surface area contributed by atoms with Gasteiger partial charge in [0.2, 0.25) is 6.79 Å². The molecule has 4 nitrogen and oxygen atoms in total. The number of ether oxygens (including phenoxy) is 3. The summed E-state index contributed by atoms with van der Waals surface area (Å²) in [5.74, 6) is 1.53. The van der Waals surface area contributed by atoms with Gasteiger partial charge in [-0.25, -0.2) is 0 Å². The highest BCUT2D eigenvalue weighted by Crippen LogP contribution is 2.34. The summed E-state index contributed by atoms with van der Waals surface area (Å²) in [6.07, 6.45) is -0.173. The number of benzene rings is 1. The van der Waals surface area contributed by atoms with Crippen LogP contribution in [0.4, 0.5) is 0 Å². The van der Waals surface area contributed by atoms with E-state index < -0.39 is 0 Å². The van der Waals surface area contributed by atoms with E-state index in [-0.39, 0.29) is 18.9 Å². The maximum atomic E-state index is 6.03. The van der Waals surface area contributed by atoms with Crippen LogP contribution < -0.4 is 15.2 Å². The van der Waals surface area contributed by atoms with E-state index in [1.165, 1.54) is 11.3 Å². The van der Waals surface area contributed by atoms with Crippen LogP contribution in [0.1, 0.15) is 23.5 Å². The lowest BCUT2D eigenvalue weighted by molar-refractivity contribution is 0.0282. The van der Waals surface area contributed by atoms with Gasteiger partial charge < -0.3 is 19.9 Å². The van der Waals surface area contributed by atoms with E-state index in [1.807, 2.05) is 37.3 Å². The van der Waals surface area contributed by atoms with Crippen molar-refractivity contribution in [3.63, 3.8) is 0 Å². The van der Waals surface area contributed by atoms with Crippen LogP contribution in [0.2, 0.25) is 4.34 Å². The third kappa shape index (κ3) is 3.32. The average Bonchev–Trinajstić information content (AvgIpc) is 3.07. The molecule has 2 aromatic rings. The maximum Gasteiger partial charge on any atom is 0.231 e. The van der Waals surface area contributed by atoms with E-state index >= 15 is 0 Å². The standard InChI is InChI=1S/C15H16ClNO3S/c1-9(17)15(13-4-5-14(16)21-13)18-7-10-2-3-11-12(6-10)20-8-19-11/h2-6,9,15H,7-8,17H2,1H3. The first-order valence-electron chi connectivity index (χ1n) is 6.64. The zero-order valence-electron chi connectivity index (χ0n) is 11.5. The molecule has 2 heterocycles. The summed E-state index contributed by atoms with van der Waals surface area (Å²) in [4.78, 5) is 1.04. The molecule has 2 atom stereocenters. The number of fused-ring (bicyclic) bond motifs is 1. The first kappa shape index (κ1) is 14.7. The van der Waals surface area contributed by atoms with Crippen molar-refractivity contribution >= 4 is 22.9 Å². The fraction of sp³-hybridized carbons (Fsp3) is 0.333. The second-order valence-electron chi connectivity index (χ2n) is 4.92. The Morgan fingerprint density at radius 3 is 2.81 bits per heavy atom. The summed E-state index contributed by atoms with van der Waals surface area (Å²) in [6, 6.07) is 9.49. The molecular weight excluding hydrogens is 310 g/mol. The van der Waals surface area contributed by atoms with Gasteiger partial charge in [0.25, 0.3) is 0 Å². The van der Waals surface area contributed by atoms with E-state index in [9.17, 15) is 0 Å². The second kappa shape index (κ2) is 6.23. The van der Waals surface area contributed by atoms with Crippen LogP contribution in [0.5, 0.6) is 11.5 Å². The molecule has 0 saturated carbocycles. The molecule has 6 heteroatoms. The number of rotatable bonds is 5. The molecule has 0 bridgehead atoms. The van der Waals surface area contributed by atoms with Gasteiger partial charge >= 0.3 is 0 Å². The van der Waals surface area contributed by atoms with Gasteiger partial charge in [0.15, 0.2) is 11.5 Å². The Morgan fingerprint density at radius 1 is 1.29 bits per heavy atom. The number of nitrogens with two attached hydrogens (primary N) is 1. The molecule has 0 amide bonds. The van der Waals surface area contributed by atoms with E-state index in [2.05, 4.69) is 0 Å². The fourth-order valence-corrected chi connectivity index (χ4v) is 3.42. The molecule has 2 N–H and O–H groups in total. The third-order valence-electron chi connectivity index (χ3n) is 3.22. The highest BCUT2D eigenvalue weighted by Gasteiger charge is 2.20. The lowest BCUT2D eigenvalue weighted by atomic mass is 10.1. The first-order valence-corrected chi connectivity index (χ1v) is 7.84. The number of halogens is 1. The van der Waals surface area contributed by atoms with E-state index in [0.29, 0.717) is 6.61 Å². The van der Waals surface area contributed by atoms with Crippen LogP contribution >= 0.6 is 22.9 Å². The zero-order valence-corrected chi connectivity index (χ0v) is 13.1. The van der Waals surface area contributed by atoms with Crippen LogP contribution in [0.15, 0.2) is 30.3 Å². The summed E-state index contributed by atoms with van der Waals surface area (Å²) in [5, 5.41) is 0. The molecule has 112 valence electrons. The van der Waals surface area contributed by atoms with Crippen LogP contribution in [-0.4, -0.2) is 12.8 Å². The third-order valence-corrected chi connectivity index (χ3v) is 4.51. The molecule has 1 aliphatic heterocycles. The molecule has 21 heavy (non-hydrogen) atoms. The summed E-state index contributed by atoms with van der Waals surface area (Å²) in [7, 11) is 0. The minimum absolute atomic E-state index is 0.117. The minimum atomic E-state index is -0.173. The van der Waals surface area contributed by atoms with Crippen molar-refractivity contribution in [3.8, 4) is 11.5 Å². The van der Waals surface area contributed by atoms with Crippen molar-refractivity contribution < 1.29 is 14.2 Å². The van der Waals surface area contributed by atoms with Gasteiger partial charge in [0, 0.05) is 10.9 Å². The Kier molecular flexibility index (Phi) is 4.35. The first-order chi connectivity index (χ1) is 10.1. The summed E-state index contributed by atoms with van der Waals surface area (Å²) in [5.41, 5.74) is 7.05. The van der Waals surface area contributed by atoms with Gasteiger partial charge in [-0.2, -0.15) is 0 Å². The molecule has 0 aliphatic carbocycles. The number of hydrogen-bond donors (Lipinski definition) is 1. The van der Waals surface area contributed by atoms with Crippen molar-refractivity contribution in [1.82, 2.24) is 0 Å². The largest absolute Gasteiger partial charge is 0.454 e. The van der Waals surface area contributed by atoms with Gasteiger partial charge in [0.1, 0.15) is 6.10 Å². The van der Waals surface area contributed by atoms with Crippen LogP contribution in [-0.2, 0) is 11.3 Å². The van der Waals surface area contributed by atoms with Gasteiger partial charge in [0.05, 0.1) is 10.9 Å². The SMILES string of the molecule is CC(N)C(OCc1ccc2c(c1)OCO2)c1ccc(Cl)s1. The molecule has 0 radical (unpaired) electrons. The Balaban J connectivity index is 1.69. The predicted molar refractivity (Wildman–Crippen MR) is 83.1 cm³/mol. The Morgan fingerprint density at radius 2 is 2.10 bits per heavy atom. The summed E-state index contributed by atoms with van der Waals surface area (Å²) < 4.78 is 17.4. The monoisotopic (exact) mass is 325 g/mol. The molecule has 1 aliphatic rings. The van der Waals surface area contributed by atoms with Crippen LogP contribution in [0.25, 0.3) is 0 Å². The van der Waals surface area contributed by atoms with E-state index in [0.717, 1.165) is 26.3 Å². The zero-order chi connectivity index (χ0) is 14.8.